The Bertz CT molecular complexity index is 1620. The monoisotopic (exact) mass is 564 g/mol. The molecule has 0 saturated carbocycles. The number of H-pyrrole nitrogens is 1. The molecular weight excluding hydrogens is 534 g/mol. The van der Waals surface area contributed by atoms with E-state index in [4.69, 9.17) is 21.3 Å². The van der Waals surface area contributed by atoms with Crippen LogP contribution in [0.15, 0.2) is 30.5 Å². The molecule has 10 heteroatoms. The van der Waals surface area contributed by atoms with Gasteiger partial charge < -0.3 is 19.9 Å². The zero-order valence-corrected chi connectivity index (χ0v) is 22.9. The van der Waals surface area contributed by atoms with Gasteiger partial charge in [-0.2, -0.15) is 9.97 Å². The second-order valence-corrected chi connectivity index (χ2v) is 12.3. The van der Waals surface area contributed by atoms with Crippen molar-refractivity contribution in [3.8, 4) is 17.1 Å². The summed E-state index contributed by atoms with van der Waals surface area (Å²) < 4.78 is 37.2. The molecule has 4 saturated heterocycles. The fourth-order valence-electron chi connectivity index (χ4n) is 7.64. The Kier molecular flexibility index (Phi) is 5.73. The molecular formula is C30H31ClF2N6O. The minimum atomic E-state index is -0.544. The van der Waals surface area contributed by atoms with Crippen LogP contribution in [0.25, 0.3) is 32.9 Å². The number of ether oxygens (including phenoxy) is 1. The molecule has 40 heavy (non-hydrogen) atoms. The molecule has 0 radical (unpaired) electrons. The fourth-order valence-corrected chi connectivity index (χ4v) is 7.90. The van der Waals surface area contributed by atoms with Crippen molar-refractivity contribution in [1.82, 2.24) is 25.2 Å². The molecule has 2 N–H and O–H groups in total. The van der Waals surface area contributed by atoms with E-state index in [9.17, 15) is 4.39 Å². The molecule has 0 amide bonds. The van der Waals surface area contributed by atoms with Crippen LogP contribution in [0.1, 0.15) is 38.5 Å². The summed E-state index contributed by atoms with van der Waals surface area (Å²) in [5.74, 6) is -0.331. The number of nitrogens with zero attached hydrogens (tertiary/aromatic N) is 4. The molecule has 4 aliphatic rings. The predicted octanol–water partition coefficient (Wildman–Crippen LogP) is 5.66. The topological polar surface area (TPSA) is 69.3 Å². The van der Waals surface area contributed by atoms with E-state index >= 15 is 4.39 Å². The van der Waals surface area contributed by atoms with E-state index in [0.29, 0.717) is 51.9 Å². The minimum absolute atomic E-state index is 0.0257. The van der Waals surface area contributed by atoms with Gasteiger partial charge in [0.25, 0.3) is 0 Å². The molecule has 208 valence electrons. The number of piperazine rings is 1. The number of nitrogens with one attached hydrogen (secondary N) is 2. The second-order valence-electron chi connectivity index (χ2n) is 11.9. The van der Waals surface area contributed by atoms with Gasteiger partial charge in [0, 0.05) is 58.8 Å². The van der Waals surface area contributed by atoms with E-state index in [1.165, 1.54) is 18.9 Å². The fraction of sp³-hybridized carbons (Fsp3) is 0.467. The Morgan fingerprint density at radius 2 is 1.77 bits per heavy atom. The summed E-state index contributed by atoms with van der Waals surface area (Å²) in [5, 5.41) is 4.73. The highest BCUT2D eigenvalue weighted by Crippen LogP contribution is 2.41. The molecule has 7 nitrogen and oxygen atoms in total. The first-order valence-corrected chi connectivity index (χ1v) is 14.7. The Morgan fingerprint density at radius 1 is 1.00 bits per heavy atom. The van der Waals surface area contributed by atoms with E-state index < -0.39 is 11.6 Å². The third-order valence-corrected chi connectivity index (χ3v) is 9.96. The quantitative estimate of drug-likeness (QED) is 0.326. The van der Waals surface area contributed by atoms with Gasteiger partial charge in [0.2, 0.25) is 0 Å². The number of halogens is 3. The lowest BCUT2D eigenvalue weighted by molar-refractivity contribution is 0.108. The number of aromatic amines is 1. The number of fused-ring (bicyclic) bond motifs is 5. The highest BCUT2D eigenvalue weighted by molar-refractivity contribution is 6.36. The highest BCUT2D eigenvalue weighted by Gasteiger charge is 2.45. The second kappa shape index (κ2) is 9.26. The summed E-state index contributed by atoms with van der Waals surface area (Å²) in [6.45, 7) is 4.31. The summed E-state index contributed by atoms with van der Waals surface area (Å²) in [6.07, 6.45) is 8.47. The van der Waals surface area contributed by atoms with Gasteiger partial charge in [-0.05, 0) is 69.8 Å². The molecule has 4 fully saturated rings. The van der Waals surface area contributed by atoms with Crippen molar-refractivity contribution in [2.45, 2.75) is 56.1 Å². The van der Waals surface area contributed by atoms with Crippen LogP contribution in [0.4, 0.5) is 14.6 Å². The van der Waals surface area contributed by atoms with Crippen molar-refractivity contribution < 1.29 is 13.5 Å². The molecule has 2 bridgehead atoms. The van der Waals surface area contributed by atoms with E-state index in [1.54, 1.807) is 18.3 Å². The van der Waals surface area contributed by atoms with Crippen molar-refractivity contribution in [2.24, 2.45) is 0 Å². The van der Waals surface area contributed by atoms with Crippen molar-refractivity contribution in [1.29, 1.82) is 0 Å². The van der Waals surface area contributed by atoms with Gasteiger partial charge in [0.15, 0.2) is 5.82 Å². The summed E-state index contributed by atoms with van der Waals surface area (Å²) >= 11 is 6.35. The molecule has 6 heterocycles. The van der Waals surface area contributed by atoms with Crippen LogP contribution in [0.3, 0.4) is 0 Å². The highest BCUT2D eigenvalue weighted by atomic mass is 35.5. The van der Waals surface area contributed by atoms with Gasteiger partial charge in [-0.3, -0.25) is 4.90 Å². The number of benzene rings is 2. The third-order valence-electron chi connectivity index (χ3n) is 9.59. The van der Waals surface area contributed by atoms with Crippen molar-refractivity contribution in [3.63, 3.8) is 0 Å². The van der Waals surface area contributed by atoms with E-state index in [0.717, 1.165) is 51.9 Å². The lowest BCUT2D eigenvalue weighted by Gasteiger charge is -2.34. The van der Waals surface area contributed by atoms with Crippen LogP contribution >= 0.6 is 11.6 Å². The normalized spacial score (nSPS) is 23.9. The number of rotatable bonds is 5. The molecule has 2 atom stereocenters. The van der Waals surface area contributed by atoms with Crippen molar-refractivity contribution >= 4 is 39.2 Å². The van der Waals surface area contributed by atoms with Gasteiger partial charge in [-0.1, -0.05) is 17.7 Å². The van der Waals surface area contributed by atoms with Gasteiger partial charge in [-0.15, -0.1) is 0 Å². The largest absolute Gasteiger partial charge is 0.461 e. The molecule has 2 unspecified atom stereocenters. The van der Waals surface area contributed by atoms with Crippen LogP contribution < -0.4 is 15.0 Å². The first kappa shape index (κ1) is 24.8. The molecule has 0 spiro atoms. The van der Waals surface area contributed by atoms with Crippen LogP contribution in [0, 0.1) is 11.6 Å². The van der Waals surface area contributed by atoms with Crippen LogP contribution in [0.5, 0.6) is 6.01 Å². The summed E-state index contributed by atoms with van der Waals surface area (Å²) in [4.78, 5) is 17.4. The van der Waals surface area contributed by atoms with Crippen LogP contribution in [-0.2, 0) is 0 Å². The van der Waals surface area contributed by atoms with Crippen LogP contribution in [-0.4, -0.2) is 70.3 Å². The van der Waals surface area contributed by atoms with E-state index in [2.05, 4.69) is 25.1 Å². The molecule has 4 aliphatic heterocycles. The third kappa shape index (κ3) is 3.81. The Labute approximate surface area is 235 Å². The summed E-state index contributed by atoms with van der Waals surface area (Å²) in [6, 6.07) is 7.51. The van der Waals surface area contributed by atoms with Crippen molar-refractivity contribution in [2.75, 3.05) is 37.7 Å². The lowest BCUT2D eigenvalue weighted by Crippen LogP contribution is -2.51. The molecule has 8 rings (SSSR count). The molecule has 0 aliphatic carbocycles. The van der Waals surface area contributed by atoms with Crippen LogP contribution in [0.2, 0.25) is 5.02 Å². The maximum atomic E-state index is 16.5. The van der Waals surface area contributed by atoms with Gasteiger partial charge >= 0.3 is 6.01 Å². The number of aromatic nitrogens is 3. The maximum Gasteiger partial charge on any atom is 0.319 e. The van der Waals surface area contributed by atoms with E-state index in [-0.39, 0.29) is 22.1 Å². The average molecular weight is 565 g/mol. The van der Waals surface area contributed by atoms with Gasteiger partial charge in [-0.25, -0.2) is 8.78 Å². The lowest BCUT2D eigenvalue weighted by atomic mass is 9.95. The molecule has 2 aromatic heterocycles. The number of hydrogen-bond donors (Lipinski definition) is 2. The van der Waals surface area contributed by atoms with Gasteiger partial charge in [0.1, 0.15) is 23.8 Å². The first-order valence-electron chi connectivity index (χ1n) is 14.3. The smallest absolute Gasteiger partial charge is 0.319 e. The minimum Gasteiger partial charge on any atom is -0.461 e. The summed E-state index contributed by atoms with van der Waals surface area (Å²) in [7, 11) is 0. The summed E-state index contributed by atoms with van der Waals surface area (Å²) in [5.41, 5.74) is 1.67. The predicted molar refractivity (Wildman–Crippen MR) is 152 cm³/mol. The Balaban J connectivity index is 1.25. The standard InChI is InChI=1S/C30H31ClF2N6O/c31-25-22(32)7-8-23-24(25)21(13-34-23)19-5-6-20-27(26(19)33)36-29(40-16-30-9-1-11-39(30)12-2-10-30)37-28(20)38-14-17-3-4-18(15-38)35-17/h5-8,13,17-18,34-35H,1-4,9-12,14-16H2. The first-order chi connectivity index (χ1) is 19.5. The molecule has 4 aromatic rings. The Hall–Kier alpha value is -3.01. The van der Waals surface area contributed by atoms with Gasteiger partial charge in [0.05, 0.1) is 10.6 Å². The molecule has 2 aromatic carbocycles. The SMILES string of the molecule is Fc1ccc2[nH]cc(-c3ccc4c(N5CC6CCC(C5)N6)nc(OCC56CCCN5CCC6)nc4c3F)c2c1Cl. The Morgan fingerprint density at radius 3 is 2.55 bits per heavy atom. The maximum absolute atomic E-state index is 16.5. The zero-order valence-electron chi connectivity index (χ0n) is 22.2. The zero-order chi connectivity index (χ0) is 27.0. The number of hydrogen-bond acceptors (Lipinski definition) is 6. The van der Waals surface area contributed by atoms with E-state index in [1.807, 2.05) is 6.07 Å². The van der Waals surface area contributed by atoms with Crippen molar-refractivity contribution in [3.05, 3.63) is 47.1 Å². The number of anilines is 1. The average Bonchev–Trinajstić information content (AvgIpc) is 3.73.